The molecule has 2 aromatic rings. The van der Waals surface area contributed by atoms with Crippen molar-refractivity contribution in [3.63, 3.8) is 0 Å². The summed E-state index contributed by atoms with van der Waals surface area (Å²) in [5, 5.41) is 6.46. The van der Waals surface area contributed by atoms with Gasteiger partial charge in [-0.25, -0.2) is 0 Å². The summed E-state index contributed by atoms with van der Waals surface area (Å²) < 4.78 is 8.33. The molecule has 0 unspecified atom stereocenters. The van der Waals surface area contributed by atoms with E-state index in [-0.39, 0.29) is 5.91 Å². The molecule has 1 amide bonds. The Labute approximate surface area is 107 Å². The van der Waals surface area contributed by atoms with E-state index in [1.807, 2.05) is 6.07 Å². The van der Waals surface area contributed by atoms with Gasteiger partial charge in [0.15, 0.2) is 0 Å². The minimum absolute atomic E-state index is 0.0496. The van der Waals surface area contributed by atoms with E-state index in [1.54, 1.807) is 6.07 Å². The fourth-order valence-corrected chi connectivity index (χ4v) is 2.18. The first-order valence-electron chi connectivity index (χ1n) is 5.07. The fraction of sp³-hybridized carbons (Fsp3) is 0.300. The van der Waals surface area contributed by atoms with Crippen LogP contribution in [0.2, 0.25) is 5.02 Å². The SMILES string of the molecule is CC(=O)NCCNc1c(Cl)ccc2nsnc12. The first kappa shape index (κ1) is 12.1. The molecule has 90 valence electrons. The van der Waals surface area contributed by atoms with Gasteiger partial charge in [-0.3, -0.25) is 4.79 Å². The maximum atomic E-state index is 10.7. The topological polar surface area (TPSA) is 66.9 Å². The van der Waals surface area contributed by atoms with Crippen molar-refractivity contribution < 1.29 is 4.79 Å². The van der Waals surface area contributed by atoms with Gasteiger partial charge in [-0.05, 0) is 12.1 Å². The van der Waals surface area contributed by atoms with Crippen molar-refractivity contribution in [2.45, 2.75) is 6.92 Å². The normalized spacial score (nSPS) is 10.5. The molecule has 0 aliphatic carbocycles. The van der Waals surface area contributed by atoms with Gasteiger partial charge in [-0.15, -0.1) is 0 Å². The van der Waals surface area contributed by atoms with Crippen molar-refractivity contribution in [3.8, 4) is 0 Å². The minimum Gasteiger partial charge on any atom is -0.380 e. The lowest BCUT2D eigenvalue weighted by Crippen LogP contribution is -2.26. The van der Waals surface area contributed by atoms with Crippen LogP contribution in [0.4, 0.5) is 5.69 Å². The molecule has 0 saturated heterocycles. The van der Waals surface area contributed by atoms with Crippen molar-refractivity contribution in [2.24, 2.45) is 0 Å². The predicted octanol–water partition coefficient (Wildman–Crippen LogP) is 1.89. The summed E-state index contributed by atoms with van der Waals surface area (Å²) in [6, 6.07) is 3.62. The minimum atomic E-state index is -0.0496. The van der Waals surface area contributed by atoms with Crippen LogP contribution in [0.3, 0.4) is 0 Å². The van der Waals surface area contributed by atoms with E-state index in [9.17, 15) is 4.79 Å². The van der Waals surface area contributed by atoms with E-state index in [4.69, 9.17) is 11.6 Å². The summed E-state index contributed by atoms with van der Waals surface area (Å²) in [6.45, 7) is 2.62. The maximum absolute atomic E-state index is 10.7. The lowest BCUT2D eigenvalue weighted by atomic mass is 10.2. The van der Waals surface area contributed by atoms with Gasteiger partial charge in [0.05, 0.1) is 22.4 Å². The summed E-state index contributed by atoms with van der Waals surface area (Å²) in [7, 11) is 0. The van der Waals surface area contributed by atoms with Crippen molar-refractivity contribution in [1.29, 1.82) is 0 Å². The standard InChI is InChI=1S/C10H11ClN4OS/c1-6(16)12-4-5-13-9-7(11)2-3-8-10(9)15-17-14-8/h2-3,13H,4-5H2,1H3,(H,12,16). The van der Waals surface area contributed by atoms with Crippen LogP contribution < -0.4 is 10.6 Å². The van der Waals surface area contributed by atoms with Crippen molar-refractivity contribution in [3.05, 3.63) is 17.2 Å². The third kappa shape index (κ3) is 2.83. The molecule has 0 saturated carbocycles. The van der Waals surface area contributed by atoms with Crippen LogP contribution in [0.15, 0.2) is 12.1 Å². The Kier molecular flexibility index (Phi) is 3.75. The molecule has 2 N–H and O–H groups in total. The summed E-state index contributed by atoms with van der Waals surface area (Å²) in [6.07, 6.45) is 0. The Morgan fingerprint density at radius 1 is 1.41 bits per heavy atom. The molecule has 0 fully saturated rings. The molecule has 0 radical (unpaired) electrons. The van der Waals surface area contributed by atoms with Gasteiger partial charge >= 0.3 is 0 Å². The molecule has 0 bridgehead atoms. The van der Waals surface area contributed by atoms with E-state index in [2.05, 4.69) is 19.4 Å². The predicted molar refractivity (Wildman–Crippen MR) is 69.6 cm³/mol. The molecule has 7 heteroatoms. The number of aromatic nitrogens is 2. The Balaban J connectivity index is 2.09. The average Bonchev–Trinajstić information content (AvgIpc) is 2.74. The number of anilines is 1. The Morgan fingerprint density at radius 2 is 2.24 bits per heavy atom. The molecule has 0 spiro atoms. The molecular formula is C10H11ClN4OS. The van der Waals surface area contributed by atoms with Crippen LogP contribution in [0, 0.1) is 0 Å². The number of carbonyl (C=O) groups excluding carboxylic acids is 1. The van der Waals surface area contributed by atoms with E-state index in [0.717, 1.165) is 28.4 Å². The van der Waals surface area contributed by atoms with Crippen molar-refractivity contribution in [2.75, 3.05) is 18.4 Å². The second kappa shape index (κ2) is 5.29. The molecule has 0 aliphatic heterocycles. The Hall–Kier alpha value is -1.40. The lowest BCUT2D eigenvalue weighted by molar-refractivity contribution is -0.118. The highest BCUT2D eigenvalue weighted by Gasteiger charge is 2.08. The second-order valence-electron chi connectivity index (χ2n) is 3.46. The number of nitrogens with one attached hydrogen (secondary N) is 2. The molecule has 1 aromatic carbocycles. The van der Waals surface area contributed by atoms with Gasteiger partial charge in [0, 0.05) is 20.0 Å². The van der Waals surface area contributed by atoms with Crippen molar-refractivity contribution >= 4 is 46.0 Å². The van der Waals surface area contributed by atoms with E-state index in [0.29, 0.717) is 18.1 Å². The molecule has 0 aliphatic rings. The third-order valence-corrected chi connectivity index (χ3v) is 3.04. The van der Waals surface area contributed by atoms with Gasteiger partial charge in [-0.2, -0.15) is 8.75 Å². The fourth-order valence-electron chi connectivity index (χ4n) is 1.42. The number of rotatable bonds is 4. The monoisotopic (exact) mass is 270 g/mol. The summed E-state index contributed by atoms with van der Waals surface area (Å²) in [5.41, 5.74) is 2.36. The molecule has 5 nitrogen and oxygen atoms in total. The highest BCUT2D eigenvalue weighted by molar-refractivity contribution is 7.00. The van der Waals surface area contributed by atoms with Crippen LogP contribution >= 0.6 is 23.3 Å². The molecule has 1 aromatic heterocycles. The van der Waals surface area contributed by atoms with Gasteiger partial charge in [0.1, 0.15) is 11.0 Å². The van der Waals surface area contributed by atoms with Gasteiger partial charge in [-0.1, -0.05) is 11.6 Å². The zero-order chi connectivity index (χ0) is 12.3. The first-order valence-corrected chi connectivity index (χ1v) is 6.18. The number of halogens is 1. The van der Waals surface area contributed by atoms with E-state index in [1.165, 1.54) is 6.92 Å². The Morgan fingerprint density at radius 3 is 3.00 bits per heavy atom. The number of hydrogen-bond acceptors (Lipinski definition) is 5. The summed E-state index contributed by atoms with van der Waals surface area (Å²) in [5.74, 6) is -0.0496. The molecular weight excluding hydrogens is 260 g/mol. The smallest absolute Gasteiger partial charge is 0.216 e. The quantitative estimate of drug-likeness (QED) is 0.833. The number of benzene rings is 1. The van der Waals surface area contributed by atoms with Crippen LogP contribution in [0.1, 0.15) is 6.92 Å². The molecule has 2 rings (SSSR count). The van der Waals surface area contributed by atoms with Crippen molar-refractivity contribution in [1.82, 2.24) is 14.1 Å². The number of hydrogen-bond donors (Lipinski definition) is 2. The zero-order valence-electron chi connectivity index (χ0n) is 9.16. The number of nitrogens with zero attached hydrogens (tertiary/aromatic N) is 2. The highest BCUT2D eigenvalue weighted by Crippen LogP contribution is 2.29. The number of amides is 1. The summed E-state index contributed by atoms with van der Waals surface area (Å²) >= 11 is 7.24. The van der Waals surface area contributed by atoms with Crippen LogP contribution in [-0.2, 0) is 4.79 Å². The van der Waals surface area contributed by atoms with E-state index < -0.39 is 0 Å². The van der Waals surface area contributed by atoms with Crippen LogP contribution in [0.25, 0.3) is 11.0 Å². The second-order valence-corrected chi connectivity index (χ2v) is 4.40. The molecule has 17 heavy (non-hydrogen) atoms. The van der Waals surface area contributed by atoms with Crippen LogP contribution in [0.5, 0.6) is 0 Å². The Bertz CT molecular complexity index is 542. The third-order valence-electron chi connectivity index (χ3n) is 2.18. The number of carbonyl (C=O) groups is 1. The molecule has 0 atom stereocenters. The van der Waals surface area contributed by atoms with Gasteiger partial charge in [0.2, 0.25) is 5.91 Å². The molecule has 1 heterocycles. The average molecular weight is 271 g/mol. The van der Waals surface area contributed by atoms with Gasteiger partial charge < -0.3 is 10.6 Å². The van der Waals surface area contributed by atoms with E-state index >= 15 is 0 Å². The number of fused-ring (bicyclic) bond motifs is 1. The van der Waals surface area contributed by atoms with Gasteiger partial charge in [0.25, 0.3) is 0 Å². The largest absolute Gasteiger partial charge is 0.380 e. The van der Waals surface area contributed by atoms with Crippen LogP contribution in [-0.4, -0.2) is 27.7 Å². The first-order chi connectivity index (χ1) is 8.18. The maximum Gasteiger partial charge on any atom is 0.216 e. The zero-order valence-corrected chi connectivity index (χ0v) is 10.7. The summed E-state index contributed by atoms with van der Waals surface area (Å²) in [4.78, 5) is 10.7. The lowest BCUT2D eigenvalue weighted by Gasteiger charge is -2.08. The highest BCUT2D eigenvalue weighted by atomic mass is 35.5.